The van der Waals surface area contributed by atoms with E-state index in [2.05, 4.69) is 22.4 Å². The van der Waals surface area contributed by atoms with E-state index in [0.717, 1.165) is 29.8 Å². The standard InChI is InChI=1S/C20H21ClN4O2S3/c1-2-3-10-17-23-24-19(30-17)22-16(26)9-6-11-25-18(27)15(29-20(25)28)12-13-7-4-5-8-14(13)21/h4-5,7-8,12H,2-3,6,9-11H2,1H3,(H,22,24,26)/b15-12-. The van der Waals surface area contributed by atoms with Gasteiger partial charge < -0.3 is 5.32 Å². The third-order valence-corrected chi connectivity index (χ3v) is 6.93. The molecule has 0 aliphatic carbocycles. The number of aryl methyl sites for hydroxylation is 1. The molecule has 1 fully saturated rings. The number of benzene rings is 1. The van der Waals surface area contributed by atoms with Crippen LogP contribution in [-0.4, -0.2) is 37.8 Å². The highest BCUT2D eigenvalue weighted by Crippen LogP contribution is 2.33. The van der Waals surface area contributed by atoms with Gasteiger partial charge in [0.15, 0.2) is 0 Å². The van der Waals surface area contributed by atoms with E-state index < -0.39 is 0 Å². The molecule has 2 aromatic rings. The van der Waals surface area contributed by atoms with Crippen LogP contribution in [0.4, 0.5) is 5.13 Å². The Hall–Kier alpha value is -1.81. The molecule has 1 aromatic carbocycles. The zero-order chi connectivity index (χ0) is 21.5. The molecule has 2 amide bonds. The largest absolute Gasteiger partial charge is 0.301 e. The zero-order valence-corrected chi connectivity index (χ0v) is 19.6. The summed E-state index contributed by atoms with van der Waals surface area (Å²) in [5, 5.41) is 12.9. The van der Waals surface area contributed by atoms with Crippen LogP contribution in [0.3, 0.4) is 0 Å². The number of anilines is 1. The highest BCUT2D eigenvalue weighted by molar-refractivity contribution is 8.26. The summed E-state index contributed by atoms with van der Waals surface area (Å²) < 4.78 is 0.489. The second-order valence-electron chi connectivity index (χ2n) is 6.61. The summed E-state index contributed by atoms with van der Waals surface area (Å²) in [7, 11) is 0. The second kappa shape index (κ2) is 11.0. The van der Waals surface area contributed by atoms with Crippen LogP contribution in [-0.2, 0) is 16.0 Å². The number of thiocarbonyl (C=S) groups is 1. The van der Waals surface area contributed by atoms with Crippen molar-refractivity contribution in [3.63, 3.8) is 0 Å². The summed E-state index contributed by atoms with van der Waals surface area (Å²) in [6, 6.07) is 7.32. The maximum absolute atomic E-state index is 12.7. The Kier molecular flexibility index (Phi) is 8.38. The van der Waals surface area contributed by atoms with Crippen LogP contribution in [0, 0.1) is 0 Å². The minimum atomic E-state index is -0.157. The van der Waals surface area contributed by atoms with Gasteiger partial charge in [-0.25, -0.2) is 0 Å². The fourth-order valence-corrected chi connectivity index (χ4v) is 5.03. The molecule has 2 heterocycles. The lowest BCUT2D eigenvalue weighted by molar-refractivity contribution is -0.122. The minimum absolute atomic E-state index is 0.148. The first-order chi connectivity index (χ1) is 14.5. The highest BCUT2D eigenvalue weighted by Gasteiger charge is 2.31. The van der Waals surface area contributed by atoms with E-state index in [9.17, 15) is 9.59 Å². The predicted octanol–water partition coefficient (Wildman–Crippen LogP) is 5.15. The van der Waals surface area contributed by atoms with Crippen molar-refractivity contribution in [2.45, 2.75) is 39.0 Å². The molecule has 1 aliphatic heterocycles. The van der Waals surface area contributed by atoms with Crippen molar-refractivity contribution >= 4 is 74.3 Å². The van der Waals surface area contributed by atoms with Crippen molar-refractivity contribution in [2.75, 3.05) is 11.9 Å². The number of carbonyl (C=O) groups excluding carboxylic acids is 2. The first kappa shape index (κ1) is 22.9. The van der Waals surface area contributed by atoms with Gasteiger partial charge >= 0.3 is 0 Å². The Balaban J connectivity index is 1.49. The number of hydrogen-bond donors (Lipinski definition) is 1. The molecule has 1 aromatic heterocycles. The van der Waals surface area contributed by atoms with Gasteiger partial charge in [-0.3, -0.25) is 14.5 Å². The summed E-state index contributed by atoms with van der Waals surface area (Å²) in [6.45, 7) is 2.50. The molecule has 30 heavy (non-hydrogen) atoms. The summed E-state index contributed by atoms with van der Waals surface area (Å²) >= 11 is 14.2. The molecule has 0 radical (unpaired) electrons. The van der Waals surface area contributed by atoms with Gasteiger partial charge in [-0.15, -0.1) is 10.2 Å². The molecule has 3 rings (SSSR count). The van der Waals surface area contributed by atoms with E-state index in [1.54, 1.807) is 12.1 Å². The number of unbranched alkanes of at least 4 members (excludes halogenated alkanes) is 1. The Morgan fingerprint density at radius 2 is 2.10 bits per heavy atom. The third-order valence-electron chi connectivity index (χ3n) is 4.31. The SMILES string of the molecule is CCCCc1nnc(NC(=O)CCCN2C(=O)/C(=C/c3ccccc3Cl)SC2=S)s1. The molecule has 1 saturated heterocycles. The average Bonchev–Trinajstić information content (AvgIpc) is 3.27. The van der Waals surface area contributed by atoms with Crippen LogP contribution < -0.4 is 5.32 Å². The number of nitrogens with one attached hydrogen (secondary N) is 1. The van der Waals surface area contributed by atoms with Crippen molar-refractivity contribution < 1.29 is 9.59 Å². The van der Waals surface area contributed by atoms with Crippen LogP contribution in [0.15, 0.2) is 29.2 Å². The number of thioether (sulfide) groups is 1. The van der Waals surface area contributed by atoms with Crippen LogP contribution in [0.2, 0.25) is 5.02 Å². The second-order valence-corrected chi connectivity index (χ2v) is 9.76. The van der Waals surface area contributed by atoms with Gasteiger partial charge in [-0.1, -0.05) is 78.5 Å². The molecular formula is C20H21ClN4O2S3. The lowest BCUT2D eigenvalue weighted by Crippen LogP contribution is -2.29. The topological polar surface area (TPSA) is 75.2 Å². The summed E-state index contributed by atoms with van der Waals surface area (Å²) in [5.74, 6) is -0.305. The van der Waals surface area contributed by atoms with Crippen molar-refractivity contribution in [1.82, 2.24) is 15.1 Å². The quantitative estimate of drug-likeness (QED) is 0.395. The van der Waals surface area contributed by atoms with Crippen LogP contribution in [0.1, 0.15) is 43.2 Å². The van der Waals surface area contributed by atoms with E-state index in [1.165, 1.54) is 28.0 Å². The molecule has 10 heteroatoms. The molecule has 0 atom stereocenters. The van der Waals surface area contributed by atoms with Gasteiger partial charge in [-0.05, 0) is 30.5 Å². The van der Waals surface area contributed by atoms with E-state index in [0.29, 0.717) is 32.3 Å². The Bertz CT molecular complexity index is 976. The van der Waals surface area contributed by atoms with Crippen molar-refractivity contribution in [3.05, 3.63) is 44.8 Å². The number of carbonyl (C=O) groups is 2. The van der Waals surface area contributed by atoms with Gasteiger partial charge in [0, 0.05) is 24.4 Å². The molecule has 0 unspecified atom stereocenters. The van der Waals surface area contributed by atoms with Crippen molar-refractivity contribution in [3.8, 4) is 0 Å². The summed E-state index contributed by atoms with van der Waals surface area (Å²) in [5.41, 5.74) is 0.773. The first-order valence-electron chi connectivity index (χ1n) is 9.60. The summed E-state index contributed by atoms with van der Waals surface area (Å²) in [4.78, 5) is 26.9. The molecule has 158 valence electrons. The fraction of sp³-hybridized carbons (Fsp3) is 0.350. The van der Waals surface area contributed by atoms with Gasteiger partial charge in [0.2, 0.25) is 11.0 Å². The summed E-state index contributed by atoms with van der Waals surface area (Å²) in [6.07, 6.45) is 5.53. The molecule has 1 N–H and O–H groups in total. The Morgan fingerprint density at radius 1 is 1.30 bits per heavy atom. The smallest absolute Gasteiger partial charge is 0.266 e. The van der Waals surface area contributed by atoms with Gasteiger partial charge in [0.1, 0.15) is 9.33 Å². The minimum Gasteiger partial charge on any atom is -0.301 e. The lowest BCUT2D eigenvalue weighted by atomic mass is 10.2. The number of rotatable bonds is 9. The van der Waals surface area contributed by atoms with Gasteiger partial charge in [0.05, 0.1) is 4.91 Å². The molecule has 0 bridgehead atoms. The van der Waals surface area contributed by atoms with Gasteiger partial charge in [0.25, 0.3) is 5.91 Å². The maximum Gasteiger partial charge on any atom is 0.266 e. The van der Waals surface area contributed by atoms with E-state index >= 15 is 0 Å². The predicted molar refractivity (Wildman–Crippen MR) is 128 cm³/mol. The fourth-order valence-electron chi connectivity index (χ4n) is 2.74. The van der Waals surface area contributed by atoms with E-state index in [1.807, 2.05) is 18.2 Å². The lowest BCUT2D eigenvalue weighted by Gasteiger charge is -2.13. The first-order valence-corrected chi connectivity index (χ1v) is 12.0. The third kappa shape index (κ3) is 6.10. The average molecular weight is 481 g/mol. The van der Waals surface area contributed by atoms with Crippen molar-refractivity contribution in [1.29, 1.82) is 0 Å². The van der Waals surface area contributed by atoms with E-state index in [4.69, 9.17) is 23.8 Å². The number of nitrogens with zero attached hydrogens (tertiary/aromatic N) is 3. The maximum atomic E-state index is 12.7. The molecule has 0 saturated carbocycles. The number of halogens is 1. The molecule has 1 aliphatic rings. The Labute approximate surface area is 194 Å². The van der Waals surface area contributed by atoms with Crippen LogP contribution in [0.25, 0.3) is 6.08 Å². The Morgan fingerprint density at radius 3 is 2.87 bits per heavy atom. The number of hydrogen-bond acceptors (Lipinski definition) is 7. The monoisotopic (exact) mass is 480 g/mol. The molecular weight excluding hydrogens is 460 g/mol. The zero-order valence-electron chi connectivity index (χ0n) is 16.4. The molecule has 0 spiro atoms. The molecule has 6 nitrogen and oxygen atoms in total. The normalized spacial score (nSPS) is 15.3. The van der Waals surface area contributed by atoms with E-state index in [-0.39, 0.29) is 18.2 Å². The highest BCUT2D eigenvalue weighted by atomic mass is 35.5. The van der Waals surface area contributed by atoms with Crippen molar-refractivity contribution in [2.24, 2.45) is 0 Å². The number of amides is 2. The van der Waals surface area contributed by atoms with Gasteiger partial charge in [-0.2, -0.15) is 0 Å². The number of aromatic nitrogens is 2. The van der Waals surface area contributed by atoms with Crippen LogP contribution >= 0.6 is 46.9 Å². The van der Waals surface area contributed by atoms with Crippen LogP contribution in [0.5, 0.6) is 0 Å².